The second-order valence-electron chi connectivity index (χ2n) is 11.9. The number of hydrogen-bond acceptors (Lipinski definition) is 11. The van der Waals surface area contributed by atoms with Crippen LogP contribution in [-0.2, 0) is 38.4 Å². The second kappa shape index (κ2) is 11.5. The average molecular weight is 593 g/mol. The lowest BCUT2D eigenvalue weighted by molar-refractivity contribution is -0.576. The minimum atomic E-state index is -1.80. The smallest absolute Gasteiger partial charge is 0.329 e. The number of fused-ring (bicyclic) bond motifs is 2. The van der Waals surface area contributed by atoms with Gasteiger partial charge in [0.05, 0.1) is 11.3 Å². The van der Waals surface area contributed by atoms with Gasteiger partial charge in [-0.15, -0.1) is 0 Å². The number of nitro benzene ring substituents is 1. The molecule has 1 spiro atoms. The molecule has 0 radical (unpaired) electrons. The molecule has 4 heterocycles. The van der Waals surface area contributed by atoms with E-state index in [1.165, 1.54) is 18.2 Å². The first-order chi connectivity index (χ1) is 19.8. The number of rotatable bonds is 9. The molecule has 5 fully saturated rings. The van der Waals surface area contributed by atoms with Crippen LogP contribution in [0, 0.1) is 33.8 Å². The molecule has 42 heavy (non-hydrogen) atoms. The van der Waals surface area contributed by atoms with Crippen LogP contribution in [0.2, 0.25) is 0 Å². The number of aliphatic hydroxyl groups is 1. The van der Waals surface area contributed by atoms with Crippen molar-refractivity contribution in [2.75, 3.05) is 0 Å². The number of aliphatic carboxylic acids is 1. The van der Waals surface area contributed by atoms with Crippen LogP contribution in [0.1, 0.15) is 71.0 Å². The van der Waals surface area contributed by atoms with Gasteiger partial charge < -0.3 is 29.7 Å². The highest BCUT2D eigenvalue weighted by molar-refractivity contribution is 5.86. The predicted molar refractivity (Wildman–Crippen MR) is 140 cm³/mol. The van der Waals surface area contributed by atoms with Crippen molar-refractivity contribution in [3.8, 4) is 0 Å². The van der Waals surface area contributed by atoms with Crippen molar-refractivity contribution < 1.29 is 53.5 Å². The molecule has 5 aliphatic rings. The van der Waals surface area contributed by atoms with Crippen molar-refractivity contribution in [2.45, 2.75) is 95.4 Å². The molecule has 1 saturated carbocycles. The highest BCUT2D eigenvalue weighted by Crippen LogP contribution is 2.60. The number of amides is 1. The van der Waals surface area contributed by atoms with Gasteiger partial charge >= 0.3 is 11.9 Å². The third kappa shape index (κ3) is 5.49. The van der Waals surface area contributed by atoms with Gasteiger partial charge in [0.15, 0.2) is 17.9 Å². The Morgan fingerprint density at radius 2 is 1.93 bits per heavy atom. The molecule has 6 rings (SSSR count). The Bertz CT molecular complexity index is 1240. The Kier molecular flexibility index (Phi) is 8.29. The van der Waals surface area contributed by atoms with Crippen molar-refractivity contribution >= 4 is 23.5 Å². The summed E-state index contributed by atoms with van der Waals surface area (Å²) in [5.41, 5.74) is -1.22. The van der Waals surface area contributed by atoms with Crippen LogP contribution < -0.4 is 5.32 Å². The molecule has 1 aliphatic carbocycles. The molecule has 0 unspecified atom stereocenters. The van der Waals surface area contributed by atoms with E-state index in [1.54, 1.807) is 6.92 Å². The predicted octanol–water partition coefficient (Wildman–Crippen LogP) is 2.73. The number of carboxylic acids is 1. The number of esters is 1. The molecule has 0 aromatic heterocycles. The van der Waals surface area contributed by atoms with Crippen LogP contribution in [0.3, 0.4) is 0 Å². The van der Waals surface area contributed by atoms with Crippen LogP contribution in [0.5, 0.6) is 0 Å². The van der Waals surface area contributed by atoms with Gasteiger partial charge in [0.2, 0.25) is 18.0 Å². The fourth-order valence-corrected chi connectivity index (χ4v) is 6.95. The lowest BCUT2D eigenvalue weighted by atomic mass is 9.58. The monoisotopic (exact) mass is 592 g/mol. The van der Waals surface area contributed by atoms with Gasteiger partial charge in [-0.3, -0.25) is 19.7 Å². The number of benzene rings is 1. The van der Waals surface area contributed by atoms with E-state index in [1.807, 2.05) is 6.92 Å². The SMILES string of the molecule is C[C@H]1[C@H](OC(=O)CCC(=O)N[C@@H](C(=O)O)[C@H](O)c2cccc([N+](=O)[O-])c2)O[C@@H]2O[C@]3(C)CC[C@H]4[C@H](C)CC[C@@H]1[C@@]24OO3. The Morgan fingerprint density at radius 3 is 2.64 bits per heavy atom. The lowest BCUT2D eigenvalue weighted by Gasteiger charge is -2.59. The molecule has 14 heteroatoms. The van der Waals surface area contributed by atoms with Crippen molar-refractivity contribution in [1.82, 2.24) is 5.32 Å². The summed E-state index contributed by atoms with van der Waals surface area (Å²) in [6, 6.07) is 3.01. The van der Waals surface area contributed by atoms with E-state index in [2.05, 4.69) is 12.2 Å². The lowest BCUT2D eigenvalue weighted by Crippen LogP contribution is -2.70. The molecule has 4 aliphatic heterocycles. The number of carboxylic acid groups (broad SMARTS) is 1. The molecule has 1 aromatic carbocycles. The summed E-state index contributed by atoms with van der Waals surface area (Å²) in [4.78, 5) is 59.3. The number of carbonyl (C=O) groups is 3. The highest BCUT2D eigenvalue weighted by Gasteiger charge is 2.69. The van der Waals surface area contributed by atoms with Gasteiger partial charge in [-0.05, 0) is 43.6 Å². The Hall–Kier alpha value is -3.17. The number of nitrogens with one attached hydrogen (secondary N) is 1. The molecular formula is C28H36N2O12. The summed E-state index contributed by atoms with van der Waals surface area (Å²) < 4.78 is 18.1. The van der Waals surface area contributed by atoms with E-state index in [9.17, 15) is 34.7 Å². The zero-order valence-corrected chi connectivity index (χ0v) is 23.6. The van der Waals surface area contributed by atoms with Crippen LogP contribution in [0.4, 0.5) is 5.69 Å². The topological polar surface area (TPSA) is 193 Å². The fourth-order valence-electron chi connectivity index (χ4n) is 6.95. The van der Waals surface area contributed by atoms with Crippen molar-refractivity contribution in [3.63, 3.8) is 0 Å². The zero-order chi connectivity index (χ0) is 30.4. The molecule has 4 saturated heterocycles. The molecule has 10 atom stereocenters. The third-order valence-electron chi connectivity index (χ3n) is 9.22. The number of carbonyl (C=O) groups excluding carboxylic acids is 2. The van der Waals surface area contributed by atoms with E-state index in [-0.39, 0.29) is 35.4 Å². The molecule has 2 bridgehead atoms. The van der Waals surface area contributed by atoms with Crippen LogP contribution in [-0.4, -0.2) is 63.0 Å². The largest absolute Gasteiger partial charge is 0.480 e. The van der Waals surface area contributed by atoms with Crippen molar-refractivity contribution in [2.24, 2.45) is 23.7 Å². The highest BCUT2D eigenvalue weighted by atomic mass is 17.3. The first-order valence-corrected chi connectivity index (χ1v) is 14.2. The van der Waals surface area contributed by atoms with E-state index in [0.29, 0.717) is 12.3 Å². The minimum Gasteiger partial charge on any atom is -0.480 e. The zero-order valence-electron chi connectivity index (χ0n) is 23.6. The second-order valence-corrected chi connectivity index (χ2v) is 11.9. The van der Waals surface area contributed by atoms with Gasteiger partial charge in [0.1, 0.15) is 6.10 Å². The summed E-state index contributed by atoms with van der Waals surface area (Å²) >= 11 is 0. The van der Waals surface area contributed by atoms with Gasteiger partial charge in [-0.1, -0.05) is 26.0 Å². The first-order valence-electron chi connectivity index (χ1n) is 14.2. The van der Waals surface area contributed by atoms with E-state index in [4.69, 9.17) is 24.0 Å². The Labute approximate surface area is 241 Å². The van der Waals surface area contributed by atoms with Crippen molar-refractivity contribution in [1.29, 1.82) is 0 Å². The van der Waals surface area contributed by atoms with Crippen LogP contribution in [0.25, 0.3) is 0 Å². The molecule has 14 nitrogen and oxygen atoms in total. The number of hydrogen-bond donors (Lipinski definition) is 3. The molecule has 1 aromatic rings. The number of nitrogens with zero attached hydrogens (tertiary/aromatic N) is 1. The van der Waals surface area contributed by atoms with Crippen LogP contribution in [0.15, 0.2) is 24.3 Å². The fraction of sp³-hybridized carbons (Fsp3) is 0.679. The Morgan fingerprint density at radius 1 is 1.17 bits per heavy atom. The molecule has 1 amide bonds. The van der Waals surface area contributed by atoms with E-state index >= 15 is 0 Å². The maximum atomic E-state index is 12.8. The standard InChI is InChI=1S/C28H36N2O12/c1-14-7-8-19-15(2)25(39-26-28(19)18(14)11-12-27(3,40-26)41-42-28)38-21(32)10-9-20(31)29-22(24(34)35)23(33)16-5-4-6-17(13-16)30(36)37/h4-6,13-15,18-19,22-23,25-26,33H,7-12H2,1-3H3,(H,29,31)(H,34,35)/t14-,15-,18+,19+,22-,23-,25-,26-,27+,28-/m1/s1. The summed E-state index contributed by atoms with van der Waals surface area (Å²) in [5, 5.41) is 33.3. The van der Waals surface area contributed by atoms with Gasteiger partial charge in [0.25, 0.3) is 5.69 Å². The van der Waals surface area contributed by atoms with Gasteiger partial charge in [0, 0.05) is 36.8 Å². The van der Waals surface area contributed by atoms with E-state index < -0.39 is 65.3 Å². The molecule has 3 N–H and O–H groups in total. The number of non-ortho nitro benzene ring substituents is 1. The third-order valence-corrected chi connectivity index (χ3v) is 9.22. The number of nitro groups is 1. The summed E-state index contributed by atoms with van der Waals surface area (Å²) in [6.07, 6.45) is -1.06. The normalized spacial score (nSPS) is 36.6. The van der Waals surface area contributed by atoms with Gasteiger partial charge in [-0.2, -0.15) is 0 Å². The van der Waals surface area contributed by atoms with Gasteiger partial charge in [-0.25, -0.2) is 14.6 Å². The quantitative estimate of drug-likeness (QED) is 0.165. The average Bonchev–Trinajstić information content (AvgIpc) is 3.18. The summed E-state index contributed by atoms with van der Waals surface area (Å²) in [6.45, 7) is 5.90. The summed E-state index contributed by atoms with van der Waals surface area (Å²) in [7, 11) is 0. The van der Waals surface area contributed by atoms with Crippen molar-refractivity contribution in [3.05, 3.63) is 39.9 Å². The Balaban J connectivity index is 1.20. The van der Waals surface area contributed by atoms with Crippen LogP contribution >= 0.6 is 0 Å². The summed E-state index contributed by atoms with van der Waals surface area (Å²) in [5.74, 6) is -3.90. The molecule has 230 valence electrons. The number of ether oxygens (including phenoxy) is 3. The minimum absolute atomic E-state index is 0.0606. The maximum absolute atomic E-state index is 12.8. The molecular weight excluding hydrogens is 556 g/mol. The maximum Gasteiger partial charge on any atom is 0.329 e. The first kappa shape index (κ1) is 30.3. The van der Waals surface area contributed by atoms with E-state index in [0.717, 1.165) is 25.3 Å². The number of aliphatic hydroxyl groups excluding tert-OH is 1.